The van der Waals surface area contributed by atoms with Crippen LogP contribution in [0.4, 0.5) is 0 Å². The van der Waals surface area contributed by atoms with Crippen LogP contribution in [0.25, 0.3) is 22.1 Å². The van der Waals surface area contributed by atoms with Crippen LogP contribution < -0.4 is 0 Å². The second-order valence-corrected chi connectivity index (χ2v) is 9.03. The van der Waals surface area contributed by atoms with Crippen LogP contribution in [0.15, 0.2) is 53.7 Å². The zero-order chi connectivity index (χ0) is 21.2. The van der Waals surface area contributed by atoms with Crippen molar-refractivity contribution in [3.63, 3.8) is 0 Å². The van der Waals surface area contributed by atoms with Gasteiger partial charge in [-0.3, -0.25) is 4.79 Å². The fraction of sp³-hybridized carbons (Fsp3) is 0.333. The quantitative estimate of drug-likeness (QED) is 0.437. The van der Waals surface area contributed by atoms with Gasteiger partial charge in [0.1, 0.15) is 5.52 Å². The Balaban J connectivity index is 1.46. The lowest BCUT2D eigenvalue weighted by Gasteiger charge is -2.26. The van der Waals surface area contributed by atoms with Gasteiger partial charge in [0.05, 0.1) is 11.3 Å². The summed E-state index contributed by atoms with van der Waals surface area (Å²) < 4.78 is 2.19. The summed E-state index contributed by atoms with van der Waals surface area (Å²) in [5.74, 6) is 0.513. The molecule has 1 aliphatic heterocycles. The molecule has 31 heavy (non-hydrogen) atoms. The summed E-state index contributed by atoms with van der Waals surface area (Å²) in [5, 5.41) is 10.4. The molecule has 7 heteroatoms. The molecule has 6 nitrogen and oxygen atoms in total. The number of thioether (sulfide) groups is 1. The molecular weight excluding hydrogens is 406 g/mol. The van der Waals surface area contributed by atoms with E-state index in [1.807, 2.05) is 17.0 Å². The largest absolute Gasteiger partial charge is 0.342 e. The molecule has 2 aromatic carbocycles. The highest BCUT2D eigenvalue weighted by Gasteiger charge is 2.19. The van der Waals surface area contributed by atoms with E-state index < -0.39 is 0 Å². The number of aromatic nitrogens is 4. The van der Waals surface area contributed by atoms with Gasteiger partial charge < -0.3 is 9.47 Å². The van der Waals surface area contributed by atoms with Gasteiger partial charge in [-0.05, 0) is 37.8 Å². The predicted octanol–water partition coefficient (Wildman–Crippen LogP) is 4.44. The standard InChI is InChI=1S/C24H25N5OS/c1-17-9-11-18(12-10-17)15-29-20-8-4-3-7-19(20)22-23(29)25-24(27-26-22)31-16-21(30)28-13-5-2-6-14-28/h3-4,7-12H,2,5-6,13-16H2,1H3. The van der Waals surface area contributed by atoms with Crippen molar-refractivity contribution in [1.29, 1.82) is 0 Å². The lowest BCUT2D eigenvalue weighted by atomic mass is 10.1. The normalized spacial score (nSPS) is 14.4. The maximum absolute atomic E-state index is 12.5. The highest BCUT2D eigenvalue weighted by molar-refractivity contribution is 7.99. The Morgan fingerprint density at radius 3 is 2.58 bits per heavy atom. The van der Waals surface area contributed by atoms with E-state index in [-0.39, 0.29) is 5.91 Å². The summed E-state index contributed by atoms with van der Waals surface area (Å²) in [6.45, 7) is 4.53. The third kappa shape index (κ3) is 4.14. The number of nitrogens with zero attached hydrogens (tertiary/aromatic N) is 5. The number of fused-ring (bicyclic) bond motifs is 3. The predicted molar refractivity (Wildman–Crippen MR) is 124 cm³/mol. The van der Waals surface area contributed by atoms with Gasteiger partial charge in [-0.1, -0.05) is 59.8 Å². The Kier molecular flexibility index (Phi) is 5.59. The molecule has 5 rings (SSSR count). The first kappa shape index (κ1) is 20.0. The molecule has 158 valence electrons. The molecule has 1 fully saturated rings. The summed E-state index contributed by atoms with van der Waals surface area (Å²) in [7, 11) is 0. The maximum Gasteiger partial charge on any atom is 0.233 e. The van der Waals surface area contributed by atoms with Crippen molar-refractivity contribution in [2.45, 2.75) is 37.9 Å². The van der Waals surface area contributed by atoms with Crippen molar-refractivity contribution in [3.8, 4) is 0 Å². The second kappa shape index (κ2) is 8.67. The molecule has 0 spiro atoms. The van der Waals surface area contributed by atoms with Crippen LogP contribution in [0.5, 0.6) is 0 Å². The number of benzene rings is 2. The smallest absolute Gasteiger partial charge is 0.233 e. The highest BCUT2D eigenvalue weighted by Crippen LogP contribution is 2.28. The molecule has 0 unspecified atom stereocenters. The van der Waals surface area contributed by atoms with E-state index in [9.17, 15) is 4.79 Å². The minimum atomic E-state index is 0.161. The molecule has 3 heterocycles. The maximum atomic E-state index is 12.5. The minimum absolute atomic E-state index is 0.161. The average Bonchev–Trinajstić information content (AvgIpc) is 3.12. The monoisotopic (exact) mass is 431 g/mol. The van der Waals surface area contributed by atoms with Crippen LogP contribution in [0, 0.1) is 6.92 Å². The number of carbonyl (C=O) groups excluding carboxylic acids is 1. The Morgan fingerprint density at radius 2 is 1.77 bits per heavy atom. The van der Waals surface area contributed by atoms with E-state index in [1.165, 1.54) is 29.3 Å². The van der Waals surface area contributed by atoms with Gasteiger partial charge in [0.2, 0.25) is 11.1 Å². The van der Waals surface area contributed by atoms with Gasteiger partial charge in [-0.2, -0.15) is 0 Å². The number of hydrogen-bond donors (Lipinski definition) is 0. The van der Waals surface area contributed by atoms with Gasteiger partial charge in [-0.15, -0.1) is 10.2 Å². The van der Waals surface area contributed by atoms with Crippen molar-refractivity contribution in [1.82, 2.24) is 24.6 Å². The Labute approximate surface area is 185 Å². The number of rotatable bonds is 5. The number of aryl methyl sites for hydroxylation is 1. The summed E-state index contributed by atoms with van der Waals surface area (Å²) in [4.78, 5) is 19.3. The lowest BCUT2D eigenvalue weighted by molar-refractivity contribution is -0.129. The van der Waals surface area contributed by atoms with Gasteiger partial charge in [0.25, 0.3) is 0 Å². The number of carbonyl (C=O) groups is 1. The first-order valence-electron chi connectivity index (χ1n) is 10.8. The first-order chi connectivity index (χ1) is 15.2. The molecule has 1 aliphatic rings. The van der Waals surface area contributed by atoms with Crippen LogP contribution in [0.2, 0.25) is 0 Å². The summed E-state index contributed by atoms with van der Waals surface area (Å²) in [5.41, 5.74) is 5.15. The van der Waals surface area contributed by atoms with E-state index in [2.05, 4.69) is 58.1 Å². The summed E-state index contributed by atoms with van der Waals surface area (Å²) in [6, 6.07) is 16.8. The Morgan fingerprint density at radius 1 is 1.00 bits per heavy atom. The Bertz CT molecular complexity index is 1230. The van der Waals surface area contributed by atoms with Gasteiger partial charge in [0.15, 0.2) is 5.65 Å². The minimum Gasteiger partial charge on any atom is -0.342 e. The zero-order valence-corrected chi connectivity index (χ0v) is 18.4. The van der Waals surface area contributed by atoms with Gasteiger partial charge >= 0.3 is 0 Å². The first-order valence-corrected chi connectivity index (χ1v) is 11.8. The number of likely N-dealkylation sites (tertiary alicyclic amines) is 1. The van der Waals surface area contributed by atoms with Crippen molar-refractivity contribution in [2.24, 2.45) is 0 Å². The molecular formula is C24H25N5OS. The molecule has 0 saturated carbocycles. The third-order valence-corrected chi connectivity index (χ3v) is 6.67. The summed E-state index contributed by atoms with van der Waals surface area (Å²) in [6.07, 6.45) is 3.41. The fourth-order valence-electron chi connectivity index (χ4n) is 4.15. The molecule has 2 aromatic heterocycles. The molecule has 0 atom stereocenters. The molecule has 0 aliphatic carbocycles. The lowest BCUT2D eigenvalue weighted by Crippen LogP contribution is -2.36. The highest BCUT2D eigenvalue weighted by atomic mass is 32.2. The SMILES string of the molecule is Cc1ccc(Cn2c3ccccc3c3nnc(SCC(=O)N4CCCCC4)nc32)cc1. The molecule has 4 aromatic rings. The van der Waals surface area contributed by atoms with Crippen LogP contribution in [0.1, 0.15) is 30.4 Å². The van der Waals surface area contributed by atoms with Crippen molar-refractivity contribution in [3.05, 3.63) is 59.7 Å². The number of amides is 1. The van der Waals surface area contributed by atoms with Gasteiger partial charge in [0, 0.05) is 25.0 Å². The van der Waals surface area contributed by atoms with Gasteiger partial charge in [-0.25, -0.2) is 4.98 Å². The topological polar surface area (TPSA) is 63.9 Å². The summed E-state index contributed by atoms with van der Waals surface area (Å²) >= 11 is 1.37. The average molecular weight is 432 g/mol. The van der Waals surface area contributed by atoms with E-state index in [1.54, 1.807) is 0 Å². The van der Waals surface area contributed by atoms with E-state index in [0.29, 0.717) is 17.5 Å². The zero-order valence-electron chi connectivity index (χ0n) is 17.6. The molecule has 0 N–H and O–H groups in total. The van der Waals surface area contributed by atoms with Crippen molar-refractivity contribution >= 4 is 39.7 Å². The van der Waals surface area contributed by atoms with Crippen LogP contribution in [0.3, 0.4) is 0 Å². The van der Waals surface area contributed by atoms with Crippen molar-refractivity contribution < 1.29 is 4.79 Å². The molecule has 1 amide bonds. The second-order valence-electron chi connectivity index (χ2n) is 8.09. The Hall–Kier alpha value is -2.93. The number of hydrogen-bond acceptors (Lipinski definition) is 5. The third-order valence-electron chi connectivity index (χ3n) is 5.85. The molecule has 1 saturated heterocycles. The van der Waals surface area contributed by atoms with Crippen molar-refractivity contribution in [2.75, 3.05) is 18.8 Å². The van der Waals surface area contributed by atoms with Crippen LogP contribution in [-0.4, -0.2) is 49.4 Å². The van der Waals surface area contributed by atoms with E-state index in [0.717, 1.165) is 48.0 Å². The fourth-order valence-corrected chi connectivity index (χ4v) is 4.83. The van der Waals surface area contributed by atoms with Crippen LogP contribution >= 0.6 is 11.8 Å². The molecule has 0 radical (unpaired) electrons. The van der Waals surface area contributed by atoms with E-state index >= 15 is 0 Å². The number of piperidine rings is 1. The molecule has 0 bridgehead atoms. The number of para-hydroxylation sites is 1. The van der Waals surface area contributed by atoms with E-state index in [4.69, 9.17) is 4.98 Å². The van der Waals surface area contributed by atoms with Crippen LogP contribution in [-0.2, 0) is 11.3 Å².